The fourth-order valence-corrected chi connectivity index (χ4v) is 6.07. The first-order valence-corrected chi connectivity index (χ1v) is 11.5. The first kappa shape index (κ1) is 19.2. The molecule has 158 valence electrons. The van der Waals surface area contributed by atoms with Crippen molar-refractivity contribution in [2.24, 2.45) is 11.8 Å². The minimum Gasteiger partial charge on any atom is -0.358 e. The lowest BCUT2D eigenvalue weighted by atomic mass is 9.84. The number of aryl methyl sites for hydroxylation is 1. The maximum Gasteiger partial charge on any atom is 0.240 e. The van der Waals surface area contributed by atoms with Crippen LogP contribution in [0.3, 0.4) is 0 Å². The number of imide groups is 1. The summed E-state index contributed by atoms with van der Waals surface area (Å²) in [5.41, 5.74) is 3.62. The van der Waals surface area contributed by atoms with Crippen molar-refractivity contribution in [1.82, 2.24) is 4.90 Å². The Morgan fingerprint density at radius 1 is 0.906 bits per heavy atom. The van der Waals surface area contributed by atoms with E-state index >= 15 is 0 Å². The zero-order valence-electron chi connectivity index (χ0n) is 17.3. The summed E-state index contributed by atoms with van der Waals surface area (Å²) >= 11 is 1.37. The smallest absolute Gasteiger partial charge is 0.240 e. The normalized spacial score (nSPS) is 25.7. The summed E-state index contributed by atoms with van der Waals surface area (Å²) < 4.78 is 0. The van der Waals surface area contributed by atoms with E-state index in [0.717, 1.165) is 16.7 Å². The number of hydrogen-bond acceptors (Lipinski definition) is 5. The largest absolute Gasteiger partial charge is 0.358 e. The van der Waals surface area contributed by atoms with Crippen molar-refractivity contribution in [1.29, 1.82) is 0 Å². The van der Waals surface area contributed by atoms with Crippen molar-refractivity contribution in [2.75, 3.05) is 4.90 Å². The Balaban J connectivity index is 1.50. The Kier molecular flexibility index (Phi) is 4.20. The Morgan fingerprint density at radius 2 is 1.66 bits per heavy atom. The summed E-state index contributed by atoms with van der Waals surface area (Å²) in [6.07, 6.45) is 3.85. The number of fused-ring (bicyclic) bond motifs is 5. The monoisotopic (exact) mass is 440 g/mol. The van der Waals surface area contributed by atoms with Crippen LogP contribution in [0.15, 0.2) is 72.2 Å². The van der Waals surface area contributed by atoms with Crippen LogP contribution in [-0.4, -0.2) is 28.5 Å². The molecule has 6 rings (SSSR count). The summed E-state index contributed by atoms with van der Waals surface area (Å²) in [5.74, 6) is -1.96. The lowest BCUT2D eigenvalue weighted by molar-refractivity contribution is -0.123. The van der Waals surface area contributed by atoms with Gasteiger partial charge in [0.1, 0.15) is 6.04 Å². The zero-order valence-corrected chi connectivity index (χ0v) is 18.2. The Morgan fingerprint density at radius 3 is 2.41 bits per heavy atom. The molecule has 4 heterocycles. The van der Waals surface area contributed by atoms with Crippen molar-refractivity contribution in [3.05, 3.63) is 93.8 Å². The average Bonchev–Trinajstić information content (AvgIpc) is 3.51. The van der Waals surface area contributed by atoms with Crippen molar-refractivity contribution in [2.45, 2.75) is 19.0 Å². The Labute approximate surface area is 189 Å². The summed E-state index contributed by atoms with van der Waals surface area (Å²) in [4.78, 5) is 44.9. The lowest BCUT2D eigenvalue weighted by Gasteiger charge is -2.35. The molecule has 32 heavy (non-hydrogen) atoms. The molecule has 2 amide bonds. The second-order valence-corrected chi connectivity index (χ2v) is 9.47. The molecular weight excluding hydrogens is 420 g/mol. The van der Waals surface area contributed by atoms with Crippen LogP contribution >= 0.6 is 11.3 Å². The third-order valence-corrected chi connectivity index (χ3v) is 7.67. The van der Waals surface area contributed by atoms with Crippen LogP contribution in [0.2, 0.25) is 0 Å². The van der Waals surface area contributed by atoms with Gasteiger partial charge in [-0.25, -0.2) is 4.90 Å². The van der Waals surface area contributed by atoms with Gasteiger partial charge in [0.25, 0.3) is 0 Å². The molecule has 2 aromatic carbocycles. The number of benzene rings is 2. The van der Waals surface area contributed by atoms with Crippen LogP contribution in [0.1, 0.15) is 32.4 Å². The lowest BCUT2D eigenvalue weighted by Crippen LogP contribution is -2.44. The average molecular weight is 441 g/mol. The van der Waals surface area contributed by atoms with Gasteiger partial charge in [-0.3, -0.25) is 14.4 Å². The van der Waals surface area contributed by atoms with E-state index in [9.17, 15) is 14.4 Å². The minimum atomic E-state index is -0.723. The number of Topliss-reactive ketones (excluding diaryl/α,β-unsaturated/α-hetero) is 1. The predicted molar refractivity (Wildman–Crippen MR) is 123 cm³/mol. The Hall–Kier alpha value is -3.51. The molecule has 5 nitrogen and oxygen atoms in total. The van der Waals surface area contributed by atoms with Crippen LogP contribution in [0.4, 0.5) is 5.69 Å². The molecule has 3 aliphatic rings. The van der Waals surface area contributed by atoms with Crippen LogP contribution < -0.4 is 4.90 Å². The maximum atomic E-state index is 13.7. The third-order valence-electron chi connectivity index (χ3n) is 6.79. The summed E-state index contributed by atoms with van der Waals surface area (Å²) in [6.45, 7) is 1.96. The number of thiophene rings is 1. The van der Waals surface area contributed by atoms with E-state index in [-0.39, 0.29) is 23.6 Å². The van der Waals surface area contributed by atoms with E-state index in [4.69, 9.17) is 0 Å². The maximum absolute atomic E-state index is 13.7. The second-order valence-electron chi connectivity index (χ2n) is 8.52. The molecule has 1 aromatic heterocycles. The van der Waals surface area contributed by atoms with Gasteiger partial charge in [0, 0.05) is 6.20 Å². The molecule has 0 spiro atoms. The third kappa shape index (κ3) is 2.59. The molecule has 3 aromatic rings. The number of carbonyl (C=O) groups is 3. The highest BCUT2D eigenvalue weighted by atomic mass is 32.1. The van der Waals surface area contributed by atoms with Gasteiger partial charge >= 0.3 is 0 Å². The molecule has 0 unspecified atom stereocenters. The van der Waals surface area contributed by atoms with Gasteiger partial charge in [-0.1, -0.05) is 48.0 Å². The van der Waals surface area contributed by atoms with Crippen molar-refractivity contribution >= 4 is 40.7 Å². The molecule has 0 saturated carbocycles. The number of hydrogen-bond donors (Lipinski definition) is 0. The highest BCUT2D eigenvalue weighted by Gasteiger charge is 2.64. The fourth-order valence-electron chi connectivity index (χ4n) is 5.37. The summed E-state index contributed by atoms with van der Waals surface area (Å²) in [7, 11) is 0. The molecule has 4 atom stereocenters. The molecule has 0 aliphatic carbocycles. The molecule has 2 fully saturated rings. The number of amides is 2. The summed E-state index contributed by atoms with van der Waals surface area (Å²) in [5, 5.41) is 1.86. The highest BCUT2D eigenvalue weighted by Crippen LogP contribution is 2.53. The van der Waals surface area contributed by atoms with Crippen molar-refractivity contribution in [3.8, 4) is 0 Å². The van der Waals surface area contributed by atoms with E-state index in [0.29, 0.717) is 10.6 Å². The first-order chi connectivity index (χ1) is 15.6. The van der Waals surface area contributed by atoms with Crippen LogP contribution in [0.25, 0.3) is 6.08 Å². The van der Waals surface area contributed by atoms with Crippen LogP contribution in [-0.2, 0) is 9.59 Å². The number of nitrogens with zero attached hydrogens (tertiary/aromatic N) is 2. The minimum absolute atomic E-state index is 0.103. The van der Waals surface area contributed by atoms with E-state index in [1.807, 2.05) is 71.9 Å². The van der Waals surface area contributed by atoms with Gasteiger partial charge in [-0.05, 0) is 47.7 Å². The fraction of sp³-hybridized carbons (Fsp3) is 0.192. The first-order valence-electron chi connectivity index (χ1n) is 10.6. The topological polar surface area (TPSA) is 57.7 Å². The molecule has 0 radical (unpaired) electrons. The molecular formula is C26H20N2O3S. The molecule has 3 aliphatic heterocycles. The van der Waals surface area contributed by atoms with Gasteiger partial charge in [-0.15, -0.1) is 11.3 Å². The molecule has 0 N–H and O–H groups in total. The van der Waals surface area contributed by atoms with E-state index in [2.05, 4.69) is 0 Å². The molecule has 0 bridgehead atoms. The number of anilines is 1. The van der Waals surface area contributed by atoms with Gasteiger partial charge in [-0.2, -0.15) is 0 Å². The molecule has 2 saturated heterocycles. The SMILES string of the molecule is Cc1ccc(N2C(=O)[C@@H]3[C@@H](C2=O)[C@@H]2c4ccccc4C=CN2[C@@H]3C(=O)c2cccs2)cc1. The Bertz CT molecular complexity index is 1280. The quantitative estimate of drug-likeness (QED) is 0.446. The van der Waals surface area contributed by atoms with E-state index in [1.165, 1.54) is 16.2 Å². The van der Waals surface area contributed by atoms with Gasteiger partial charge in [0.05, 0.1) is 28.4 Å². The highest BCUT2D eigenvalue weighted by molar-refractivity contribution is 7.12. The number of carbonyl (C=O) groups excluding carboxylic acids is 3. The predicted octanol–water partition coefficient (Wildman–Crippen LogP) is 4.45. The number of ketones is 1. The van der Waals surface area contributed by atoms with Crippen molar-refractivity contribution < 1.29 is 14.4 Å². The van der Waals surface area contributed by atoms with Crippen LogP contribution in [0.5, 0.6) is 0 Å². The second kappa shape index (κ2) is 7.00. The van der Waals surface area contributed by atoms with Gasteiger partial charge in [0.2, 0.25) is 11.8 Å². The standard InChI is InChI=1S/C26H20N2O3S/c1-15-8-10-17(11-9-15)28-25(30)20-21(26(28)31)23(24(29)19-7-4-14-32-19)27-13-12-16-5-2-3-6-18(16)22(20)27/h2-14,20-23H,1H3/t20-,21-,22+,23+/m1/s1. The van der Waals surface area contributed by atoms with Crippen LogP contribution in [0, 0.1) is 18.8 Å². The van der Waals surface area contributed by atoms with Gasteiger partial charge in [0.15, 0.2) is 5.78 Å². The van der Waals surface area contributed by atoms with E-state index in [1.54, 1.807) is 18.2 Å². The molecule has 6 heteroatoms. The van der Waals surface area contributed by atoms with Crippen molar-refractivity contribution in [3.63, 3.8) is 0 Å². The summed E-state index contributed by atoms with van der Waals surface area (Å²) in [6, 6.07) is 17.9. The number of rotatable bonds is 3. The van der Waals surface area contributed by atoms with E-state index < -0.39 is 17.9 Å². The zero-order chi connectivity index (χ0) is 22.0. The van der Waals surface area contributed by atoms with Gasteiger partial charge < -0.3 is 4.90 Å².